The molecule has 0 bridgehead atoms. The second-order valence-electron chi connectivity index (χ2n) is 7.28. The van der Waals surface area contributed by atoms with Gasteiger partial charge in [0.25, 0.3) is 0 Å². The van der Waals surface area contributed by atoms with Gasteiger partial charge in [-0.1, -0.05) is 55.5 Å². The van der Waals surface area contributed by atoms with Gasteiger partial charge in [0.1, 0.15) is 5.82 Å². The van der Waals surface area contributed by atoms with E-state index < -0.39 is 0 Å². The molecule has 150 valence electrons. The monoisotopic (exact) mass is 388 g/mol. The minimum Gasteiger partial charge on any atom is -0.369 e. The molecule has 0 aliphatic carbocycles. The Bertz CT molecular complexity index is 966. The van der Waals surface area contributed by atoms with E-state index >= 15 is 0 Å². The van der Waals surface area contributed by atoms with Crippen LogP contribution in [0, 0.1) is 5.82 Å². The van der Waals surface area contributed by atoms with Gasteiger partial charge in [-0.05, 0) is 53.8 Å². The molecule has 1 heterocycles. The number of rotatable bonds is 9. The van der Waals surface area contributed by atoms with Crippen LogP contribution < -0.4 is 0 Å². The van der Waals surface area contributed by atoms with Crippen molar-refractivity contribution in [3.8, 4) is 0 Å². The molecule has 0 radical (unpaired) electrons. The first-order chi connectivity index (χ1) is 14.1. The zero-order valence-electron chi connectivity index (χ0n) is 17.3. The van der Waals surface area contributed by atoms with Gasteiger partial charge in [0.05, 0.1) is 11.4 Å². The Kier molecular flexibility index (Phi) is 7.07. The van der Waals surface area contributed by atoms with E-state index in [9.17, 15) is 4.39 Å². The molecule has 0 unspecified atom stereocenters. The lowest BCUT2D eigenvalue weighted by Gasteiger charge is -2.24. The van der Waals surface area contributed by atoms with Crippen molar-refractivity contribution in [1.82, 2.24) is 9.47 Å². The summed E-state index contributed by atoms with van der Waals surface area (Å²) in [5, 5.41) is 0. The van der Waals surface area contributed by atoms with Crippen LogP contribution in [0.4, 0.5) is 4.39 Å². The van der Waals surface area contributed by atoms with E-state index in [1.54, 1.807) is 12.1 Å². The first-order valence-electron chi connectivity index (χ1n) is 10.1. The van der Waals surface area contributed by atoms with Crippen LogP contribution in [0.2, 0.25) is 0 Å². The highest BCUT2D eigenvalue weighted by Gasteiger charge is 2.12. The van der Waals surface area contributed by atoms with Crippen molar-refractivity contribution >= 4 is 5.70 Å². The molecular weight excluding hydrogens is 359 g/mol. The van der Waals surface area contributed by atoms with Gasteiger partial charge in [-0.3, -0.25) is 0 Å². The predicted molar refractivity (Wildman–Crippen MR) is 120 cm³/mol. The summed E-state index contributed by atoms with van der Waals surface area (Å²) in [5.74, 6) is -0.201. The van der Waals surface area contributed by atoms with Crippen LogP contribution in [0.5, 0.6) is 0 Å². The Labute approximate surface area is 173 Å². The summed E-state index contributed by atoms with van der Waals surface area (Å²) in [6.07, 6.45) is 8.11. The molecule has 0 amide bonds. The third-order valence-corrected chi connectivity index (χ3v) is 5.10. The standard InChI is InChI=1S/C26H29FN2/c1-4-17-29-18-7-10-26(29)25(16-15-22-13-11-21(5-2)12-14-22)28(3)20-23-8-6-9-24(27)19-23/h4,6-14,16,18-19H,1,5,15,17,20H2,2-3H3/b25-16+. The molecular formula is C26H29FN2. The molecule has 0 aliphatic heterocycles. The summed E-state index contributed by atoms with van der Waals surface area (Å²) in [5.41, 5.74) is 5.84. The maximum absolute atomic E-state index is 13.6. The van der Waals surface area contributed by atoms with Crippen molar-refractivity contribution in [2.45, 2.75) is 32.9 Å². The van der Waals surface area contributed by atoms with Gasteiger partial charge < -0.3 is 9.47 Å². The molecule has 1 aromatic heterocycles. The van der Waals surface area contributed by atoms with Gasteiger partial charge >= 0.3 is 0 Å². The van der Waals surface area contributed by atoms with Crippen LogP contribution in [-0.2, 0) is 25.9 Å². The molecule has 0 saturated heterocycles. The van der Waals surface area contributed by atoms with Crippen LogP contribution in [0.25, 0.3) is 5.70 Å². The fraction of sp³-hybridized carbons (Fsp3) is 0.231. The normalized spacial score (nSPS) is 11.5. The fourth-order valence-electron chi connectivity index (χ4n) is 3.52. The lowest BCUT2D eigenvalue weighted by Crippen LogP contribution is -2.19. The van der Waals surface area contributed by atoms with Gasteiger partial charge in [0, 0.05) is 26.3 Å². The zero-order valence-corrected chi connectivity index (χ0v) is 17.3. The number of hydrogen-bond acceptors (Lipinski definition) is 1. The average Bonchev–Trinajstić information content (AvgIpc) is 3.17. The van der Waals surface area contributed by atoms with Crippen molar-refractivity contribution in [1.29, 1.82) is 0 Å². The second-order valence-corrected chi connectivity index (χ2v) is 7.28. The highest BCUT2D eigenvalue weighted by molar-refractivity contribution is 5.62. The van der Waals surface area contributed by atoms with Crippen molar-refractivity contribution < 1.29 is 4.39 Å². The van der Waals surface area contributed by atoms with Crippen LogP contribution in [0.3, 0.4) is 0 Å². The topological polar surface area (TPSA) is 8.17 Å². The lowest BCUT2D eigenvalue weighted by atomic mass is 10.1. The van der Waals surface area contributed by atoms with E-state index in [0.717, 1.165) is 36.3 Å². The van der Waals surface area contributed by atoms with E-state index in [1.165, 1.54) is 17.2 Å². The second kappa shape index (κ2) is 9.92. The minimum absolute atomic E-state index is 0.201. The van der Waals surface area contributed by atoms with Crippen molar-refractivity contribution in [3.63, 3.8) is 0 Å². The maximum atomic E-state index is 13.6. The number of allylic oxidation sites excluding steroid dienone is 2. The van der Waals surface area contributed by atoms with E-state index in [1.807, 2.05) is 12.1 Å². The van der Waals surface area contributed by atoms with Gasteiger partial charge in [-0.2, -0.15) is 0 Å². The summed E-state index contributed by atoms with van der Waals surface area (Å²) in [6, 6.07) is 19.8. The van der Waals surface area contributed by atoms with Crippen molar-refractivity contribution in [2.24, 2.45) is 0 Å². The first kappa shape index (κ1) is 20.7. The maximum Gasteiger partial charge on any atom is 0.123 e. The molecule has 3 rings (SSSR count). The Balaban J connectivity index is 1.89. The quantitative estimate of drug-likeness (QED) is 0.403. The van der Waals surface area contributed by atoms with Crippen LogP contribution in [-0.4, -0.2) is 16.5 Å². The fourth-order valence-corrected chi connectivity index (χ4v) is 3.52. The van der Waals surface area contributed by atoms with E-state index in [2.05, 4.69) is 78.7 Å². The summed E-state index contributed by atoms with van der Waals surface area (Å²) < 4.78 is 15.8. The van der Waals surface area contributed by atoms with Gasteiger partial charge in [0.15, 0.2) is 0 Å². The molecule has 0 spiro atoms. The Hall–Kier alpha value is -3.07. The molecule has 0 saturated carbocycles. The molecule has 0 aliphatic rings. The Morgan fingerprint density at radius 2 is 1.79 bits per heavy atom. The molecule has 2 aromatic carbocycles. The Morgan fingerprint density at radius 1 is 1.03 bits per heavy atom. The predicted octanol–water partition coefficient (Wildman–Crippen LogP) is 6.09. The molecule has 3 aromatic rings. The third-order valence-electron chi connectivity index (χ3n) is 5.10. The lowest BCUT2D eigenvalue weighted by molar-refractivity contribution is 0.467. The average molecular weight is 389 g/mol. The molecule has 0 atom stereocenters. The number of aromatic nitrogens is 1. The van der Waals surface area contributed by atoms with E-state index in [-0.39, 0.29) is 5.82 Å². The summed E-state index contributed by atoms with van der Waals surface area (Å²) in [7, 11) is 2.06. The van der Waals surface area contributed by atoms with Crippen molar-refractivity contribution in [3.05, 3.63) is 114 Å². The van der Waals surface area contributed by atoms with Gasteiger partial charge in [-0.25, -0.2) is 4.39 Å². The van der Waals surface area contributed by atoms with Crippen LogP contribution in [0.1, 0.15) is 29.3 Å². The van der Waals surface area contributed by atoms with Crippen LogP contribution in [0.15, 0.2) is 85.6 Å². The zero-order chi connectivity index (χ0) is 20.6. The molecule has 2 nitrogen and oxygen atoms in total. The molecule has 29 heavy (non-hydrogen) atoms. The summed E-state index contributed by atoms with van der Waals surface area (Å²) in [6.45, 7) is 7.43. The summed E-state index contributed by atoms with van der Waals surface area (Å²) >= 11 is 0. The highest BCUT2D eigenvalue weighted by atomic mass is 19.1. The van der Waals surface area contributed by atoms with E-state index in [0.29, 0.717) is 6.54 Å². The minimum atomic E-state index is -0.201. The number of hydrogen-bond donors (Lipinski definition) is 0. The number of nitrogens with zero attached hydrogens (tertiary/aromatic N) is 2. The largest absolute Gasteiger partial charge is 0.369 e. The highest BCUT2D eigenvalue weighted by Crippen LogP contribution is 2.23. The third kappa shape index (κ3) is 5.47. The Morgan fingerprint density at radius 3 is 2.48 bits per heavy atom. The van der Waals surface area contributed by atoms with E-state index in [4.69, 9.17) is 0 Å². The number of aryl methyl sites for hydroxylation is 1. The van der Waals surface area contributed by atoms with Crippen LogP contribution >= 0.6 is 0 Å². The SMILES string of the molecule is C=CCn1cccc1/C(=C\Cc1ccc(CC)cc1)N(C)Cc1cccc(F)c1. The molecule has 0 N–H and O–H groups in total. The number of benzene rings is 2. The molecule has 0 fully saturated rings. The molecule has 3 heteroatoms. The van der Waals surface area contributed by atoms with Gasteiger partial charge in [0.2, 0.25) is 0 Å². The van der Waals surface area contributed by atoms with Crippen molar-refractivity contribution in [2.75, 3.05) is 7.05 Å². The first-order valence-corrected chi connectivity index (χ1v) is 10.1. The van der Waals surface area contributed by atoms with Gasteiger partial charge in [-0.15, -0.1) is 6.58 Å². The number of halogens is 1. The smallest absolute Gasteiger partial charge is 0.123 e. The summed E-state index contributed by atoms with van der Waals surface area (Å²) in [4.78, 5) is 2.18.